The first-order valence-corrected chi connectivity index (χ1v) is 8.98. The monoisotopic (exact) mass is 359 g/mol. The van der Waals surface area contributed by atoms with Crippen LogP contribution in [0, 0.1) is 0 Å². The second-order valence-electron chi connectivity index (χ2n) is 7.03. The number of aliphatic hydroxyl groups is 1. The van der Waals surface area contributed by atoms with E-state index in [9.17, 15) is 0 Å². The first-order valence-electron chi connectivity index (χ1n) is 8.98. The summed E-state index contributed by atoms with van der Waals surface area (Å²) >= 11 is 0. The molecule has 0 aliphatic carbocycles. The van der Waals surface area contributed by atoms with E-state index in [1.54, 1.807) is 19.2 Å². The summed E-state index contributed by atoms with van der Waals surface area (Å²) in [6.45, 7) is -0.0895. The highest BCUT2D eigenvalue weighted by atomic mass is 16.5. The van der Waals surface area contributed by atoms with Crippen molar-refractivity contribution >= 4 is 17.6 Å². The van der Waals surface area contributed by atoms with E-state index in [0.29, 0.717) is 47.3 Å². The van der Waals surface area contributed by atoms with Gasteiger partial charge in [0.2, 0.25) is 11.8 Å². The summed E-state index contributed by atoms with van der Waals surface area (Å²) in [6.07, 6.45) is 4.73. The van der Waals surface area contributed by atoms with Crippen LogP contribution in [-0.4, -0.2) is 57.6 Å². The lowest BCUT2D eigenvalue weighted by atomic mass is 9.99. The third-order valence-electron chi connectivity index (χ3n) is 5.27. The number of anilines is 3. The normalized spacial score (nSPS) is 24.5. The van der Waals surface area contributed by atoms with Crippen LogP contribution in [0.5, 0.6) is 5.88 Å². The Kier molecular flexibility index (Phi) is 4.64. The fourth-order valence-corrected chi connectivity index (χ4v) is 3.88. The van der Waals surface area contributed by atoms with Gasteiger partial charge < -0.3 is 25.4 Å². The molecule has 2 aromatic rings. The zero-order valence-electron chi connectivity index (χ0n) is 15.1. The van der Waals surface area contributed by atoms with Crippen molar-refractivity contribution in [3.63, 3.8) is 0 Å². The van der Waals surface area contributed by atoms with E-state index in [1.165, 1.54) is 12.8 Å². The molecule has 4 heterocycles. The summed E-state index contributed by atoms with van der Waals surface area (Å²) in [7, 11) is 3.64. The third kappa shape index (κ3) is 3.45. The summed E-state index contributed by atoms with van der Waals surface area (Å²) in [5.41, 5.74) is 0.635. The summed E-state index contributed by atoms with van der Waals surface area (Å²) < 4.78 is 5.35. The van der Waals surface area contributed by atoms with E-state index in [4.69, 9.17) is 9.84 Å². The predicted molar refractivity (Wildman–Crippen MR) is 97.7 cm³/mol. The minimum Gasteiger partial charge on any atom is -0.481 e. The Bertz CT molecular complexity index is 753. The molecule has 9 nitrogen and oxygen atoms in total. The largest absolute Gasteiger partial charge is 0.481 e. The second kappa shape index (κ2) is 7.08. The van der Waals surface area contributed by atoms with Crippen molar-refractivity contribution in [3.05, 3.63) is 17.8 Å². The van der Waals surface area contributed by atoms with Gasteiger partial charge in [0, 0.05) is 37.3 Å². The number of rotatable bonds is 6. The maximum atomic E-state index is 9.15. The molecule has 4 rings (SSSR count). The van der Waals surface area contributed by atoms with Gasteiger partial charge in [-0.2, -0.15) is 15.1 Å². The van der Waals surface area contributed by atoms with Crippen LogP contribution in [0.4, 0.5) is 17.6 Å². The van der Waals surface area contributed by atoms with Crippen LogP contribution in [0.15, 0.2) is 12.1 Å². The van der Waals surface area contributed by atoms with Gasteiger partial charge in [-0.25, -0.2) is 0 Å². The Balaban J connectivity index is 1.55. The van der Waals surface area contributed by atoms with E-state index in [1.807, 2.05) is 7.05 Å². The van der Waals surface area contributed by atoms with Crippen LogP contribution in [0.2, 0.25) is 0 Å². The van der Waals surface area contributed by atoms with Gasteiger partial charge in [-0.3, -0.25) is 5.10 Å². The van der Waals surface area contributed by atoms with E-state index in [-0.39, 0.29) is 6.61 Å². The van der Waals surface area contributed by atoms with Gasteiger partial charge in [0.1, 0.15) is 5.82 Å². The number of fused-ring (bicyclic) bond motifs is 2. The number of methoxy groups -OCH3 is 1. The lowest BCUT2D eigenvalue weighted by Gasteiger charge is -2.35. The van der Waals surface area contributed by atoms with Gasteiger partial charge in [-0.05, 0) is 25.7 Å². The van der Waals surface area contributed by atoms with E-state index < -0.39 is 0 Å². The molecule has 1 unspecified atom stereocenters. The van der Waals surface area contributed by atoms with Crippen molar-refractivity contribution in [1.82, 2.24) is 25.5 Å². The summed E-state index contributed by atoms with van der Waals surface area (Å²) in [6, 6.07) is 5.09. The molecule has 2 aromatic heterocycles. The molecule has 0 amide bonds. The van der Waals surface area contributed by atoms with Crippen LogP contribution >= 0.6 is 0 Å². The highest BCUT2D eigenvalue weighted by Crippen LogP contribution is 2.31. The Morgan fingerprint density at radius 1 is 1.23 bits per heavy atom. The number of nitrogens with zero attached hydrogens (tertiary/aromatic N) is 4. The number of aliphatic hydroxyl groups excluding tert-OH is 1. The molecule has 0 saturated carbocycles. The van der Waals surface area contributed by atoms with Crippen molar-refractivity contribution in [3.8, 4) is 5.88 Å². The highest BCUT2D eigenvalue weighted by molar-refractivity contribution is 5.55. The van der Waals surface area contributed by atoms with E-state index >= 15 is 0 Å². The topological polar surface area (TPSA) is 111 Å². The minimum absolute atomic E-state index is 0.0895. The maximum absolute atomic E-state index is 9.15. The summed E-state index contributed by atoms with van der Waals surface area (Å²) in [4.78, 5) is 11.3. The quantitative estimate of drug-likeness (QED) is 0.608. The number of nitrogens with one attached hydrogen (secondary N) is 3. The molecule has 9 heteroatoms. The number of hydrogen-bond donors (Lipinski definition) is 4. The van der Waals surface area contributed by atoms with Crippen LogP contribution in [-0.2, 0) is 6.61 Å². The van der Waals surface area contributed by atoms with Gasteiger partial charge in [-0.15, -0.1) is 0 Å². The van der Waals surface area contributed by atoms with E-state index in [0.717, 1.165) is 12.8 Å². The molecule has 0 aromatic carbocycles. The van der Waals surface area contributed by atoms with E-state index in [2.05, 4.69) is 35.7 Å². The number of hydrogen-bond acceptors (Lipinski definition) is 8. The number of aromatic nitrogens is 4. The molecular formula is C17H25N7O2. The van der Waals surface area contributed by atoms with Gasteiger partial charge in [0.25, 0.3) is 0 Å². The second-order valence-corrected chi connectivity index (χ2v) is 7.03. The Hall–Kier alpha value is -2.39. The summed E-state index contributed by atoms with van der Waals surface area (Å²) in [5.74, 6) is 2.32. The Labute approximate surface area is 152 Å². The van der Waals surface area contributed by atoms with Gasteiger partial charge >= 0.3 is 0 Å². The molecule has 0 radical (unpaired) electrons. The highest BCUT2D eigenvalue weighted by Gasteiger charge is 2.35. The molecule has 3 atom stereocenters. The van der Waals surface area contributed by atoms with Gasteiger partial charge in [0.05, 0.1) is 19.4 Å². The number of piperidine rings is 1. The first-order chi connectivity index (χ1) is 12.6. The van der Waals surface area contributed by atoms with Crippen molar-refractivity contribution in [2.75, 3.05) is 24.4 Å². The van der Waals surface area contributed by atoms with Crippen LogP contribution in [0.1, 0.15) is 31.4 Å². The first kappa shape index (κ1) is 17.0. The summed E-state index contributed by atoms with van der Waals surface area (Å²) in [5, 5.41) is 22.8. The average molecular weight is 359 g/mol. The number of H-pyrrole nitrogens is 1. The van der Waals surface area contributed by atoms with Crippen LogP contribution in [0.3, 0.4) is 0 Å². The Morgan fingerprint density at radius 2 is 2.00 bits per heavy atom. The average Bonchev–Trinajstić information content (AvgIpc) is 3.26. The zero-order chi connectivity index (χ0) is 18.1. The lowest BCUT2D eigenvalue weighted by molar-refractivity contribution is 0.276. The van der Waals surface area contributed by atoms with Crippen molar-refractivity contribution in [2.45, 2.75) is 50.4 Å². The SMILES string of the molecule is COc1cc(Nc2cc(CO)[nH]n2)nc(N(C)C2C[C@H]3CC[C@@H](C2)N3)n1. The molecule has 4 N–H and O–H groups in total. The third-order valence-corrected chi connectivity index (χ3v) is 5.27. The molecule has 2 saturated heterocycles. The molecule has 2 bridgehead atoms. The maximum Gasteiger partial charge on any atom is 0.230 e. The van der Waals surface area contributed by atoms with Crippen molar-refractivity contribution in [2.24, 2.45) is 0 Å². The fourth-order valence-electron chi connectivity index (χ4n) is 3.88. The minimum atomic E-state index is -0.0895. The number of aromatic amines is 1. The van der Waals surface area contributed by atoms with Gasteiger partial charge in [0.15, 0.2) is 5.82 Å². The molecule has 140 valence electrons. The standard InChI is InChI=1S/C17H25N7O2/c1-24(13-5-10-3-4-11(6-13)18-10)17-20-14(8-16(21-17)26-2)19-15-7-12(9-25)22-23-15/h7-8,10-11,13,18,25H,3-6,9H2,1-2H3,(H2,19,20,21,22,23)/t10-,11+,13?. The molecule has 0 spiro atoms. The van der Waals surface area contributed by atoms with Crippen molar-refractivity contribution in [1.29, 1.82) is 0 Å². The molecular weight excluding hydrogens is 334 g/mol. The van der Waals surface area contributed by atoms with Crippen LogP contribution < -0.4 is 20.3 Å². The molecule has 2 aliphatic heterocycles. The number of ether oxygens (including phenoxy) is 1. The molecule has 2 aliphatic rings. The van der Waals surface area contributed by atoms with Crippen LogP contribution in [0.25, 0.3) is 0 Å². The fraction of sp³-hybridized carbons (Fsp3) is 0.588. The zero-order valence-corrected chi connectivity index (χ0v) is 15.1. The lowest BCUT2D eigenvalue weighted by Crippen LogP contribution is -2.47. The predicted octanol–water partition coefficient (Wildman–Crippen LogP) is 1.16. The molecule has 2 fully saturated rings. The van der Waals surface area contributed by atoms with Gasteiger partial charge in [-0.1, -0.05) is 0 Å². The van der Waals surface area contributed by atoms with Crippen molar-refractivity contribution < 1.29 is 9.84 Å². The smallest absolute Gasteiger partial charge is 0.230 e. The Morgan fingerprint density at radius 3 is 2.65 bits per heavy atom. The molecule has 26 heavy (non-hydrogen) atoms.